The Hall–Kier alpha value is -0.780. The van der Waals surface area contributed by atoms with E-state index in [0.717, 1.165) is 0 Å². The molecule has 0 aromatic rings. The molecule has 0 bridgehead atoms. The normalized spacial score (nSPS) is 22.5. The Bertz CT molecular complexity index is 174. The number of Topliss-reactive ketones (excluding diaryl/α,β-unsaturated/α-hetero) is 2. The number of carbonyl (C=O) groups is 2. The standard InChI is InChI=1S/C8H14N2O3/c11-7-1-2-13-5-8(12)4-10-6-9-3-7/h9-10H,1-6H2. The first-order valence-corrected chi connectivity index (χ1v) is 4.31. The Morgan fingerprint density at radius 2 is 1.77 bits per heavy atom. The van der Waals surface area contributed by atoms with Gasteiger partial charge in [-0.2, -0.15) is 0 Å². The molecule has 13 heavy (non-hydrogen) atoms. The lowest BCUT2D eigenvalue weighted by Crippen LogP contribution is -2.35. The van der Waals surface area contributed by atoms with Crippen LogP contribution in [0.2, 0.25) is 0 Å². The SMILES string of the molecule is O=C1CCOCC(=O)CNCNC1. The molecule has 0 aliphatic carbocycles. The third-order valence-corrected chi connectivity index (χ3v) is 1.68. The van der Waals surface area contributed by atoms with Gasteiger partial charge in [-0.05, 0) is 0 Å². The van der Waals surface area contributed by atoms with Crippen LogP contribution in [0.3, 0.4) is 0 Å². The quantitative estimate of drug-likeness (QED) is 0.491. The highest BCUT2D eigenvalue weighted by Gasteiger charge is 2.06. The van der Waals surface area contributed by atoms with Gasteiger partial charge in [0.1, 0.15) is 12.4 Å². The van der Waals surface area contributed by atoms with Crippen molar-refractivity contribution in [2.75, 3.05) is 33.0 Å². The molecule has 5 nitrogen and oxygen atoms in total. The van der Waals surface area contributed by atoms with Gasteiger partial charge in [0.25, 0.3) is 0 Å². The zero-order valence-corrected chi connectivity index (χ0v) is 7.47. The number of rotatable bonds is 0. The van der Waals surface area contributed by atoms with Gasteiger partial charge in [-0.1, -0.05) is 0 Å². The predicted octanol–water partition coefficient (Wildman–Crippen LogP) is -1.32. The van der Waals surface area contributed by atoms with Crippen LogP contribution in [-0.4, -0.2) is 44.5 Å². The Kier molecular flexibility index (Phi) is 4.59. The fourth-order valence-corrected chi connectivity index (χ4v) is 1.00. The number of carbonyl (C=O) groups excluding carboxylic acids is 2. The smallest absolute Gasteiger partial charge is 0.172 e. The van der Waals surface area contributed by atoms with Gasteiger partial charge in [-0.25, -0.2) is 0 Å². The van der Waals surface area contributed by atoms with Crippen LogP contribution >= 0.6 is 0 Å². The second-order valence-corrected chi connectivity index (χ2v) is 2.91. The molecule has 1 fully saturated rings. The van der Waals surface area contributed by atoms with Crippen LogP contribution in [0.1, 0.15) is 6.42 Å². The van der Waals surface area contributed by atoms with E-state index in [1.54, 1.807) is 0 Å². The molecule has 0 radical (unpaired) electrons. The highest BCUT2D eigenvalue weighted by molar-refractivity contribution is 5.82. The van der Waals surface area contributed by atoms with Crippen molar-refractivity contribution in [1.82, 2.24) is 10.6 Å². The van der Waals surface area contributed by atoms with Gasteiger partial charge >= 0.3 is 0 Å². The van der Waals surface area contributed by atoms with Gasteiger partial charge in [0.15, 0.2) is 5.78 Å². The molecule has 1 heterocycles. The first kappa shape index (κ1) is 10.3. The van der Waals surface area contributed by atoms with Crippen LogP contribution in [0.4, 0.5) is 0 Å². The molecule has 5 heteroatoms. The van der Waals surface area contributed by atoms with E-state index in [2.05, 4.69) is 10.6 Å². The van der Waals surface area contributed by atoms with Crippen molar-refractivity contribution >= 4 is 11.6 Å². The monoisotopic (exact) mass is 186 g/mol. The van der Waals surface area contributed by atoms with E-state index in [9.17, 15) is 9.59 Å². The van der Waals surface area contributed by atoms with Crippen LogP contribution in [0.15, 0.2) is 0 Å². The molecule has 1 saturated heterocycles. The Morgan fingerprint density at radius 3 is 2.54 bits per heavy atom. The van der Waals surface area contributed by atoms with E-state index in [-0.39, 0.29) is 18.2 Å². The number of hydrogen-bond acceptors (Lipinski definition) is 5. The maximum absolute atomic E-state index is 11.0. The molecular weight excluding hydrogens is 172 g/mol. The average Bonchev–Trinajstić information content (AvgIpc) is 2.14. The summed E-state index contributed by atoms with van der Waals surface area (Å²) in [5, 5.41) is 5.74. The van der Waals surface area contributed by atoms with Gasteiger partial charge in [0.05, 0.1) is 19.7 Å². The van der Waals surface area contributed by atoms with Crippen LogP contribution in [-0.2, 0) is 14.3 Å². The Labute approximate surface area is 76.8 Å². The first-order chi connectivity index (χ1) is 6.29. The first-order valence-electron chi connectivity index (χ1n) is 4.31. The second kappa shape index (κ2) is 5.80. The largest absolute Gasteiger partial charge is 0.373 e. The van der Waals surface area contributed by atoms with Crippen LogP contribution < -0.4 is 10.6 Å². The van der Waals surface area contributed by atoms with E-state index in [0.29, 0.717) is 32.8 Å². The van der Waals surface area contributed by atoms with Gasteiger partial charge < -0.3 is 4.74 Å². The Morgan fingerprint density at radius 1 is 1.08 bits per heavy atom. The second-order valence-electron chi connectivity index (χ2n) is 2.91. The molecule has 0 aromatic carbocycles. The van der Waals surface area contributed by atoms with Crippen molar-refractivity contribution in [3.05, 3.63) is 0 Å². The van der Waals surface area contributed by atoms with Crippen molar-refractivity contribution < 1.29 is 14.3 Å². The van der Waals surface area contributed by atoms with Crippen molar-refractivity contribution in [2.24, 2.45) is 0 Å². The summed E-state index contributed by atoms with van der Waals surface area (Å²) in [6, 6.07) is 0. The molecule has 1 aliphatic heterocycles. The number of hydrogen-bond donors (Lipinski definition) is 2. The lowest BCUT2D eigenvalue weighted by Gasteiger charge is -2.02. The summed E-state index contributed by atoms with van der Waals surface area (Å²) >= 11 is 0. The molecule has 0 spiro atoms. The van der Waals surface area contributed by atoms with Crippen LogP contribution in [0.5, 0.6) is 0 Å². The molecule has 74 valence electrons. The highest BCUT2D eigenvalue weighted by atomic mass is 16.5. The minimum atomic E-state index is 0.0103. The maximum Gasteiger partial charge on any atom is 0.172 e. The summed E-state index contributed by atoms with van der Waals surface area (Å²) < 4.78 is 5.01. The minimum absolute atomic E-state index is 0.0103. The van der Waals surface area contributed by atoms with Crippen LogP contribution in [0.25, 0.3) is 0 Å². The predicted molar refractivity (Wildman–Crippen MR) is 46.3 cm³/mol. The van der Waals surface area contributed by atoms with Gasteiger partial charge in [0, 0.05) is 13.1 Å². The lowest BCUT2D eigenvalue weighted by atomic mass is 10.3. The molecule has 0 amide bonds. The van der Waals surface area contributed by atoms with Crippen molar-refractivity contribution in [3.8, 4) is 0 Å². The van der Waals surface area contributed by atoms with E-state index < -0.39 is 0 Å². The highest BCUT2D eigenvalue weighted by Crippen LogP contribution is 1.86. The maximum atomic E-state index is 11.0. The molecule has 0 saturated carbocycles. The molecule has 0 aromatic heterocycles. The fourth-order valence-electron chi connectivity index (χ4n) is 1.00. The molecule has 1 aliphatic rings. The molecular formula is C8H14N2O3. The molecule has 2 N–H and O–H groups in total. The third-order valence-electron chi connectivity index (χ3n) is 1.68. The lowest BCUT2D eigenvalue weighted by molar-refractivity contribution is -0.124. The number of ketones is 2. The van der Waals surface area contributed by atoms with Crippen LogP contribution in [0, 0.1) is 0 Å². The average molecular weight is 186 g/mol. The topological polar surface area (TPSA) is 67.4 Å². The van der Waals surface area contributed by atoms with E-state index in [4.69, 9.17) is 4.74 Å². The molecule has 0 unspecified atom stereocenters. The summed E-state index contributed by atoms with van der Waals surface area (Å²) in [7, 11) is 0. The Balaban J connectivity index is 2.30. The summed E-state index contributed by atoms with van der Waals surface area (Å²) in [6.45, 7) is 1.55. The number of nitrogens with one attached hydrogen (secondary N) is 2. The molecule has 1 rings (SSSR count). The van der Waals surface area contributed by atoms with Gasteiger partial charge in [0.2, 0.25) is 0 Å². The number of ether oxygens (including phenoxy) is 1. The third kappa shape index (κ3) is 4.72. The van der Waals surface area contributed by atoms with E-state index in [1.807, 2.05) is 0 Å². The minimum Gasteiger partial charge on any atom is -0.373 e. The summed E-state index contributed by atoms with van der Waals surface area (Å²) in [6.07, 6.45) is 0.375. The van der Waals surface area contributed by atoms with Crippen molar-refractivity contribution in [2.45, 2.75) is 6.42 Å². The summed E-state index contributed by atoms with van der Waals surface area (Å²) in [5.74, 6) is 0.118. The summed E-state index contributed by atoms with van der Waals surface area (Å²) in [5.41, 5.74) is 0. The fraction of sp³-hybridized carbons (Fsp3) is 0.750. The van der Waals surface area contributed by atoms with Crippen molar-refractivity contribution in [1.29, 1.82) is 0 Å². The van der Waals surface area contributed by atoms with E-state index in [1.165, 1.54) is 0 Å². The summed E-state index contributed by atoms with van der Waals surface area (Å²) in [4.78, 5) is 22.0. The zero-order valence-electron chi connectivity index (χ0n) is 7.47. The zero-order chi connectivity index (χ0) is 9.52. The van der Waals surface area contributed by atoms with E-state index >= 15 is 0 Å². The molecule has 0 atom stereocenters. The van der Waals surface area contributed by atoms with Crippen molar-refractivity contribution in [3.63, 3.8) is 0 Å². The van der Waals surface area contributed by atoms with Gasteiger partial charge in [-0.15, -0.1) is 0 Å². The van der Waals surface area contributed by atoms with Gasteiger partial charge in [-0.3, -0.25) is 20.2 Å².